The van der Waals surface area contributed by atoms with Crippen LogP contribution in [0.15, 0.2) is 48.7 Å². The first-order valence-corrected chi connectivity index (χ1v) is 5.16. The summed E-state index contributed by atoms with van der Waals surface area (Å²) in [6.45, 7) is 1.17. The topological polar surface area (TPSA) is 48.1 Å². The number of benzene rings is 1. The predicted octanol–water partition coefficient (Wildman–Crippen LogP) is 2.38. The number of aromatic nitrogens is 1. The minimum Gasteiger partial charge on any atom is -0.384 e. The molecule has 0 fully saturated rings. The maximum Gasteiger partial charge on any atom is 0.123 e. The van der Waals surface area contributed by atoms with Crippen LogP contribution in [0.5, 0.6) is 0 Å². The Labute approximate surface area is 94.9 Å². The number of rotatable bonds is 4. The summed E-state index contributed by atoms with van der Waals surface area (Å²) in [6, 6.07) is 13.8. The molecule has 16 heavy (non-hydrogen) atoms. The van der Waals surface area contributed by atoms with Crippen molar-refractivity contribution in [2.24, 2.45) is 0 Å². The van der Waals surface area contributed by atoms with Gasteiger partial charge in [0.2, 0.25) is 0 Å². The Kier molecular flexibility index (Phi) is 3.51. The van der Waals surface area contributed by atoms with Crippen LogP contribution >= 0.6 is 0 Å². The van der Waals surface area contributed by atoms with Gasteiger partial charge in [0.15, 0.2) is 0 Å². The molecule has 2 N–H and O–H groups in total. The SMILES string of the molecule is Nc1cc(COCc2ccccc2)ccn1. The van der Waals surface area contributed by atoms with Crippen molar-refractivity contribution < 1.29 is 4.74 Å². The van der Waals surface area contributed by atoms with E-state index in [1.54, 1.807) is 6.20 Å². The van der Waals surface area contributed by atoms with E-state index in [9.17, 15) is 0 Å². The van der Waals surface area contributed by atoms with Crippen molar-refractivity contribution >= 4 is 5.82 Å². The Bertz CT molecular complexity index is 443. The van der Waals surface area contributed by atoms with Crippen LogP contribution in [0, 0.1) is 0 Å². The van der Waals surface area contributed by atoms with E-state index in [4.69, 9.17) is 10.5 Å². The van der Waals surface area contributed by atoms with Crippen LogP contribution in [-0.4, -0.2) is 4.98 Å². The zero-order valence-corrected chi connectivity index (χ0v) is 8.97. The first kappa shape index (κ1) is 10.6. The van der Waals surface area contributed by atoms with Crippen molar-refractivity contribution in [3.63, 3.8) is 0 Å². The summed E-state index contributed by atoms with van der Waals surface area (Å²) in [5.74, 6) is 0.529. The number of nitrogens with two attached hydrogens (primary N) is 1. The fraction of sp³-hybridized carbons (Fsp3) is 0.154. The smallest absolute Gasteiger partial charge is 0.123 e. The highest BCUT2D eigenvalue weighted by molar-refractivity contribution is 5.31. The molecule has 0 atom stereocenters. The third-order valence-electron chi connectivity index (χ3n) is 2.23. The third-order valence-corrected chi connectivity index (χ3v) is 2.23. The zero-order valence-electron chi connectivity index (χ0n) is 8.97. The first-order valence-electron chi connectivity index (χ1n) is 5.16. The Morgan fingerprint density at radius 1 is 1.00 bits per heavy atom. The lowest BCUT2D eigenvalue weighted by molar-refractivity contribution is 0.107. The van der Waals surface area contributed by atoms with Gasteiger partial charge in [-0.15, -0.1) is 0 Å². The molecule has 0 amide bonds. The van der Waals surface area contributed by atoms with Gasteiger partial charge in [0.1, 0.15) is 5.82 Å². The molecule has 2 rings (SSSR count). The predicted molar refractivity (Wildman–Crippen MR) is 63.6 cm³/mol. The highest BCUT2D eigenvalue weighted by Crippen LogP contribution is 2.07. The summed E-state index contributed by atoms with van der Waals surface area (Å²) in [5.41, 5.74) is 7.79. The van der Waals surface area contributed by atoms with Crippen LogP contribution in [0.3, 0.4) is 0 Å². The van der Waals surface area contributed by atoms with Crippen LogP contribution in [-0.2, 0) is 18.0 Å². The van der Waals surface area contributed by atoms with E-state index in [0.717, 1.165) is 5.56 Å². The number of pyridine rings is 1. The molecule has 1 aromatic heterocycles. The number of ether oxygens (including phenoxy) is 1. The van der Waals surface area contributed by atoms with E-state index in [1.807, 2.05) is 42.5 Å². The van der Waals surface area contributed by atoms with Gasteiger partial charge in [-0.2, -0.15) is 0 Å². The van der Waals surface area contributed by atoms with E-state index in [2.05, 4.69) is 4.98 Å². The second-order valence-corrected chi connectivity index (χ2v) is 3.57. The maximum absolute atomic E-state index is 5.58. The van der Waals surface area contributed by atoms with Gasteiger partial charge in [-0.05, 0) is 23.3 Å². The normalized spacial score (nSPS) is 10.2. The largest absolute Gasteiger partial charge is 0.384 e. The molecule has 3 heteroatoms. The molecule has 0 radical (unpaired) electrons. The average Bonchev–Trinajstić information content (AvgIpc) is 2.30. The maximum atomic E-state index is 5.58. The molecule has 0 aliphatic carbocycles. The lowest BCUT2D eigenvalue weighted by atomic mass is 10.2. The van der Waals surface area contributed by atoms with Crippen molar-refractivity contribution in [1.82, 2.24) is 4.98 Å². The van der Waals surface area contributed by atoms with E-state index >= 15 is 0 Å². The first-order chi connectivity index (χ1) is 7.84. The van der Waals surface area contributed by atoms with Gasteiger partial charge in [0.05, 0.1) is 13.2 Å². The van der Waals surface area contributed by atoms with Crippen molar-refractivity contribution in [3.05, 3.63) is 59.8 Å². The molecule has 82 valence electrons. The van der Waals surface area contributed by atoms with Crippen LogP contribution < -0.4 is 5.73 Å². The molecule has 0 saturated heterocycles. The van der Waals surface area contributed by atoms with Gasteiger partial charge in [0.25, 0.3) is 0 Å². The molecule has 0 spiro atoms. The van der Waals surface area contributed by atoms with E-state index < -0.39 is 0 Å². The number of hydrogen-bond donors (Lipinski definition) is 1. The summed E-state index contributed by atoms with van der Waals surface area (Å²) in [6.07, 6.45) is 1.69. The minimum atomic E-state index is 0.529. The van der Waals surface area contributed by atoms with Gasteiger partial charge in [-0.3, -0.25) is 0 Å². The van der Waals surface area contributed by atoms with Gasteiger partial charge in [-0.25, -0.2) is 4.98 Å². The van der Waals surface area contributed by atoms with Crippen molar-refractivity contribution in [2.75, 3.05) is 5.73 Å². The molecule has 2 aromatic rings. The lowest BCUT2D eigenvalue weighted by Gasteiger charge is -2.04. The monoisotopic (exact) mass is 214 g/mol. The van der Waals surface area contributed by atoms with Gasteiger partial charge < -0.3 is 10.5 Å². The van der Waals surface area contributed by atoms with E-state index in [0.29, 0.717) is 19.0 Å². The third kappa shape index (κ3) is 3.07. The molecule has 0 aliphatic rings. The average molecular weight is 214 g/mol. The summed E-state index contributed by atoms with van der Waals surface area (Å²) < 4.78 is 5.58. The molecule has 0 aliphatic heterocycles. The van der Waals surface area contributed by atoms with Crippen molar-refractivity contribution in [1.29, 1.82) is 0 Å². The molecule has 0 unspecified atom stereocenters. The quantitative estimate of drug-likeness (QED) is 0.850. The number of nitrogens with zero attached hydrogens (tertiary/aromatic N) is 1. The summed E-state index contributed by atoms with van der Waals surface area (Å²) >= 11 is 0. The fourth-order valence-corrected chi connectivity index (χ4v) is 1.45. The lowest BCUT2D eigenvalue weighted by Crippen LogP contribution is -1.96. The Morgan fingerprint density at radius 2 is 1.75 bits per heavy atom. The fourth-order valence-electron chi connectivity index (χ4n) is 1.45. The molecule has 0 saturated carbocycles. The Morgan fingerprint density at radius 3 is 2.50 bits per heavy atom. The molecule has 1 aromatic carbocycles. The van der Waals surface area contributed by atoms with Gasteiger partial charge in [0, 0.05) is 6.20 Å². The second kappa shape index (κ2) is 5.28. The van der Waals surface area contributed by atoms with Crippen molar-refractivity contribution in [2.45, 2.75) is 13.2 Å². The Hall–Kier alpha value is -1.87. The Balaban J connectivity index is 1.85. The molecule has 3 nitrogen and oxygen atoms in total. The van der Waals surface area contributed by atoms with Crippen LogP contribution in [0.2, 0.25) is 0 Å². The van der Waals surface area contributed by atoms with Gasteiger partial charge in [-0.1, -0.05) is 30.3 Å². The van der Waals surface area contributed by atoms with Crippen LogP contribution in [0.1, 0.15) is 11.1 Å². The van der Waals surface area contributed by atoms with Crippen LogP contribution in [0.4, 0.5) is 5.82 Å². The van der Waals surface area contributed by atoms with E-state index in [1.165, 1.54) is 5.56 Å². The molecule has 1 heterocycles. The van der Waals surface area contributed by atoms with Gasteiger partial charge >= 0.3 is 0 Å². The molecule has 0 bridgehead atoms. The summed E-state index contributed by atoms with van der Waals surface area (Å²) in [5, 5.41) is 0. The summed E-state index contributed by atoms with van der Waals surface area (Å²) in [4.78, 5) is 3.93. The summed E-state index contributed by atoms with van der Waals surface area (Å²) in [7, 11) is 0. The van der Waals surface area contributed by atoms with Crippen LogP contribution in [0.25, 0.3) is 0 Å². The van der Waals surface area contributed by atoms with Crippen molar-refractivity contribution in [3.8, 4) is 0 Å². The highest BCUT2D eigenvalue weighted by Gasteiger charge is 1.95. The minimum absolute atomic E-state index is 0.529. The number of hydrogen-bond acceptors (Lipinski definition) is 3. The molecular weight excluding hydrogens is 200 g/mol. The zero-order chi connectivity index (χ0) is 11.2. The van der Waals surface area contributed by atoms with E-state index in [-0.39, 0.29) is 0 Å². The number of anilines is 1. The number of nitrogen functional groups attached to an aromatic ring is 1. The standard InChI is InChI=1S/C13H14N2O/c14-13-8-12(6-7-15-13)10-16-9-11-4-2-1-3-5-11/h1-8H,9-10H2,(H2,14,15). The highest BCUT2D eigenvalue weighted by atomic mass is 16.5. The molecular formula is C13H14N2O. The second-order valence-electron chi connectivity index (χ2n) is 3.57.